The molecule has 4 N–H and O–H groups in total. The third kappa shape index (κ3) is 5.06. The molecular formula is C16H17Cl2N3O. The number of halogens is 2. The topological polar surface area (TPSA) is 81.5 Å². The van der Waals surface area contributed by atoms with Gasteiger partial charge in [0.05, 0.1) is 5.92 Å². The fraction of sp³-hybridized carbons (Fsp3) is 0.125. The second kappa shape index (κ2) is 8.41. The van der Waals surface area contributed by atoms with Crippen molar-refractivity contribution in [2.45, 2.75) is 12.3 Å². The molecule has 1 unspecified atom stereocenters. The van der Waals surface area contributed by atoms with Gasteiger partial charge in [-0.15, -0.1) is 12.4 Å². The summed E-state index contributed by atoms with van der Waals surface area (Å²) in [4.78, 5) is 15.9. The molecule has 2 rings (SSSR count). The zero-order valence-electron chi connectivity index (χ0n) is 11.8. The van der Waals surface area contributed by atoms with E-state index in [0.29, 0.717) is 11.4 Å². The molecule has 22 heavy (non-hydrogen) atoms. The van der Waals surface area contributed by atoms with E-state index in [-0.39, 0.29) is 24.3 Å². The lowest BCUT2D eigenvalue weighted by molar-refractivity contribution is -0.119. The standard InChI is InChI=1S/C16H16ClN3O.ClH/c17-13-8-6-12(7-9-13)14(15(21)20-16(18)19)10-11-4-2-1-3-5-11;/h1-9,14H,10H2,(H4,18,19,20,21);1H. The van der Waals surface area contributed by atoms with Gasteiger partial charge >= 0.3 is 0 Å². The molecule has 0 radical (unpaired) electrons. The quantitative estimate of drug-likeness (QED) is 0.664. The number of aliphatic imine (C=N–C) groups is 1. The lowest BCUT2D eigenvalue weighted by Gasteiger charge is -2.14. The molecule has 0 aromatic heterocycles. The first kappa shape index (κ1) is 18.0. The first-order chi connectivity index (χ1) is 10.1. The average molecular weight is 338 g/mol. The van der Waals surface area contributed by atoms with Crippen LogP contribution >= 0.6 is 24.0 Å². The SMILES string of the molecule is Cl.NC(N)=NC(=O)C(Cc1ccccc1)c1ccc(Cl)cc1. The maximum absolute atomic E-state index is 12.3. The number of nitrogens with two attached hydrogens (primary N) is 2. The summed E-state index contributed by atoms with van der Waals surface area (Å²) in [6, 6.07) is 16.8. The van der Waals surface area contributed by atoms with Crippen molar-refractivity contribution in [1.29, 1.82) is 0 Å². The van der Waals surface area contributed by atoms with Crippen LogP contribution in [0.1, 0.15) is 17.0 Å². The van der Waals surface area contributed by atoms with Crippen LogP contribution in [0.25, 0.3) is 0 Å². The Hall–Kier alpha value is -2.04. The van der Waals surface area contributed by atoms with Crippen molar-refractivity contribution in [2.75, 3.05) is 0 Å². The number of nitrogens with zero attached hydrogens (tertiary/aromatic N) is 1. The first-order valence-corrected chi connectivity index (χ1v) is 6.87. The van der Waals surface area contributed by atoms with Crippen LogP contribution in [-0.4, -0.2) is 11.9 Å². The van der Waals surface area contributed by atoms with Crippen LogP contribution in [0.15, 0.2) is 59.6 Å². The highest BCUT2D eigenvalue weighted by Crippen LogP contribution is 2.24. The average Bonchev–Trinajstić information content (AvgIpc) is 2.46. The molecule has 1 amide bonds. The molecule has 0 saturated carbocycles. The van der Waals surface area contributed by atoms with Gasteiger partial charge in [0.15, 0.2) is 5.96 Å². The van der Waals surface area contributed by atoms with E-state index in [4.69, 9.17) is 23.1 Å². The predicted molar refractivity (Wildman–Crippen MR) is 92.4 cm³/mol. The Morgan fingerprint density at radius 1 is 1.05 bits per heavy atom. The van der Waals surface area contributed by atoms with Gasteiger partial charge in [-0.25, -0.2) is 0 Å². The molecule has 0 heterocycles. The summed E-state index contributed by atoms with van der Waals surface area (Å²) in [6.45, 7) is 0. The Balaban J connectivity index is 0.00000242. The highest BCUT2D eigenvalue weighted by Gasteiger charge is 2.21. The van der Waals surface area contributed by atoms with Crippen LogP contribution in [0.4, 0.5) is 0 Å². The zero-order chi connectivity index (χ0) is 15.2. The van der Waals surface area contributed by atoms with Crippen molar-refractivity contribution < 1.29 is 4.79 Å². The van der Waals surface area contributed by atoms with Gasteiger partial charge in [0.1, 0.15) is 0 Å². The summed E-state index contributed by atoms with van der Waals surface area (Å²) in [5.41, 5.74) is 12.5. The van der Waals surface area contributed by atoms with Crippen LogP contribution in [0.5, 0.6) is 0 Å². The molecule has 2 aromatic carbocycles. The third-order valence-electron chi connectivity index (χ3n) is 3.09. The molecule has 116 valence electrons. The maximum atomic E-state index is 12.3. The number of benzene rings is 2. The fourth-order valence-corrected chi connectivity index (χ4v) is 2.22. The minimum absolute atomic E-state index is 0. The molecule has 6 heteroatoms. The second-order valence-corrected chi connectivity index (χ2v) is 5.11. The Morgan fingerprint density at radius 2 is 1.64 bits per heavy atom. The molecule has 0 aliphatic rings. The van der Waals surface area contributed by atoms with Crippen LogP contribution in [0.2, 0.25) is 5.02 Å². The molecule has 0 fully saturated rings. The van der Waals surface area contributed by atoms with Gasteiger partial charge in [0.2, 0.25) is 0 Å². The summed E-state index contributed by atoms with van der Waals surface area (Å²) < 4.78 is 0. The Morgan fingerprint density at radius 3 is 2.18 bits per heavy atom. The van der Waals surface area contributed by atoms with E-state index in [0.717, 1.165) is 11.1 Å². The number of carbonyl (C=O) groups excluding carboxylic acids is 1. The zero-order valence-corrected chi connectivity index (χ0v) is 13.3. The first-order valence-electron chi connectivity index (χ1n) is 6.49. The summed E-state index contributed by atoms with van der Waals surface area (Å²) >= 11 is 5.89. The fourth-order valence-electron chi connectivity index (χ4n) is 2.10. The molecular weight excluding hydrogens is 321 g/mol. The van der Waals surface area contributed by atoms with Crippen molar-refractivity contribution in [3.63, 3.8) is 0 Å². The van der Waals surface area contributed by atoms with Gasteiger partial charge in [0, 0.05) is 5.02 Å². The number of hydrogen-bond acceptors (Lipinski definition) is 1. The smallest absolute Gasteiger partial charge is 0.256 e. The molecule has 0 aliphatic carbocycles. The monoisotopic (exact) mass is 337 g/mol. The van der Waals surface area contributed by atoms with Gasteiger partial charge < -0.3 is 11.5 Å². The van der Waals surface area contributed by atoms with E-state index in [9.17, 15) is 4.79 Å². The van der Waals surface area contributed by atoms with Crippen molar-refractivity contribution >= 4 is 35.9 Å². The molecule has 0 saturated heterocycles. The van der Waals surface area contributed by atoms with Crippen molar-refractivity contribution in [3.8, 4) is 0 Å². The molecule has 0 bridgehead atoms. The number of amides is 1. The largest absolute Gasteiger partial charge is 0.370 e. The summed E-state index contributed by atoms with van der Waals surface area (Å²) in [6.07, 6.45) is 0.526. The number of hydrogen-bond donors (Lipinski definition) is 2. The number of guanidine groups is 1. The molecule has 2 aromatic rings. The highest BCUT2D eigenvalue weighted by molar-refractivity contribution is 6.30. The lowest BCUT2D eigenvalue weighted by atomic mass is 9.91. The van der Waals surface area contributed by atoms with E-state index in [1.165, 1.54) is 0 Å². The van der Waals surface area contributed by atoms with E-state index in [1.807, 2.05) is 42.5 Å². The van der Waals surface area contributed by atoms with E-state index in [1.54, 1.807) is 12.1 Å². The van der Waals surface area contributed by atoms with E-state index < -0.39 is 5.92 Å². The van der Waals surface area contributed by atoms with Gasteiger partial charge in [-0.2, -0.15) is 4.99 Å². The van der Waals surface area contributed by atoms with E-state index >= 15 is 0 Å². The van der Waals surface area contributed by atoms with E-state index in [2.05, 4.69) is 4.99 Å². The maximum Gasteiger partial charge on any atom is 0.256 e. The Kier molecular flexibility index (Phi) is 6.89. The molecule has 1 atom stereocenters. The van der Waals surface area contributed by atoms with Gasteiger partial charge in [-0.1, -0.05) is 54.1 Å². The number of rotatable bonds is 4. The second-order valence-electron chi connectivity index (χ2n) is 4.67. The van der Waals surface area contributed by atoms with Gasteiger partial charge in [0.25, 0.3) is 5.91 Å². The summed E-state index contributed by atoms with van der Waals surface area (Å²) in [5, 5.41) is 0.617. The molecule has 4 nitrogen and oxygen atoms in total. The molecule has 0 aliphatic heterocycles. The predicted octanol–water partition coefficient (Wildman–Crippen LogP) is 2.89. The third-order valence-corrected chi connectivity index (χ3v) is 3.34. The van der Waals surface area contributed by atoms with Gasteiger partial charge in [-0.3, -0.25) is 4.79 Å². The van der Waals surface area contributed by atoms with Gasteiger partial charge in [-0.05, 0) is 29.7 Å². The molecule has 0 spiro atoms. The number of carbonyl (C=O) groups is 1. The van der Waals surface area contributed by atoms with Crippen LogP contribution < -0.4 is 11.5 Å². The van der Waals surface area contributed by atoms with Crippen molar-refractivity contribution in [3.05, 3.63) is 70.7 Å². The minimum atomic E-state index is -0.438. The van der Waals surface area contributed by atoms with Crippen LogP contribution in [0.3, 0.4) is 0 Å². The van der Waals surface area contributed by atoms with Crippen LogP contribution in [0, 0.1) is 0 Å². The normalized spacial score (nSPS) is 11.1. The summed E-state index contributed by atoms with van der Waals surface area (Å²) in [7, 11) is 0. The minimum Gasteiger partial charge on any atom is -0.370 e. The lowest BCUT2D eigenvalue weighted by Crippen LogP contribution is -2.26. The Bertz CT molecular complexity index is 638. The van der Waals surface area contributed by atoms with Crippen molar-refractivity contribution in [2.24, 2.45) is 16.5 Å². The van der Waals surface area contributed by atoms with Crippen molar-refractivity contribution in [1.82, 2.24) is 0 Å². The highest BCUT2D eigenvalue weighted by atomic mass is 35.5. The Labute approximate surface area is 140 Å². The van der Waals surface area contributed by atoms with Crippen LogP contribution in [-0.2, 0) is 11.2 Å². The summed E-state index contributed by atoms with van der Waals surface area (Å²) in [5.74, 6) is -1.03.